The molecule has 0 aliphatic heterocycles. The van der Waals surface area contributed by atoms with Gasteiger partial charge in [-0.05, 0) is 114 Å². The molecular formula is C47H41N5. The van der Waals surface area contributed by atoms with E-state index in [9.17, 15) is 0 Å². The molecule has 0 aliphatic rings. The van der Waals surface area contributed by atoms with Gasteiger partial charge in [-0.1, -0.05) is 89.0 Å². The number of fused-ring (bicyclic) bond motifs is 6. The van der Waals surface area contributed by atoms with E-state index in [4.69, 9.17) is 15.0 Å². The molecule has 0 bridgehead atoms. The molecule has 5 nitrogen and oxygen atoms in total. The van der Waals surface area contributed by atoms with Crippen LogP contribution in [0.25, 0.3) is 78.0 Å². The van der Waals surface area contributed by atoms with Gasteiger partial charge in [-0.2, -0.15) is 9.97 Å². The molecule has 5 heteroatoms. The van der Waals surface area contributed by atoms with Gasteiger partial charge in [-0.15, -0.1) is 0 Å². The number of para-hydroxylation sites is 1. The summed E-state index contributed by atoms with van der Waals surface area (Å²) in [5.74, 6) is 1.88. The molecular weight excluding hydrogens is 635 g/mol. The smallest absolute Gasteiger partial charge is 0.238 e. The van der Waals surface area contributed by atoms with Gasteiger partial charge in [-0.25, -0.2) is 4.98 Å². The second kappa shape index (κ2) is 11.7. The Kier molecular flexibility index (Phi) is 7.20. The van der Waals surface area contributed by atoms with E-state index in [1.54, 1.807) is 0 Å². The number of aromatic nitrogens is 5. The molecule has 0 amide bonds. The summed E-state index contributed by atoms with van der Waals surface area (Å²) >= 11 is 0. The number of benzene rings is 6. The molecule has 52 heavy (non-hydrogen) atoms. The second-order valence-electron chi connectivity index (χ2n) is 14.7. The molecule has 9 rings (SSSR count). The highest BCUT2D eigenvalue weighted by atomic mass is 15.2. The Balaban J connectivity index is 1.41. The molecule has 3 aromatic heterocycles. The van der Waals surface area contributed by atoms with Crippen LogP contribution in [0.3, 0.4) is 0 Å². The zero-order valence-corrected chi connectivity index (χ0v) is 31.1. The molecule has 0 radical (unpaired) electrons. The topological polar surface area (TPSA) is 48.5 Å². The third kappa shape index (κ3) is 4.87. The maximum absolute atomic E-state index is 5.43. The van der Waals surface area contributed by atoms with Crippen molar-refractivity contribution in [1.29, 1.82) is 0 Å². The minimum atomic E-state index is 0.610. The lowest BCUT2D eigenvalue weighted by Crippen LogP contribution is -2.09. The second-order valence-corrected chi connectivity index (χ2v) is 14.7. The highest BCUT2D eigenvalue weighted by Gasteiger charge is 2.24. The third-order valence-electron chi connectivity index (χ3n) is 10.5. The summed E-state index contributed by atoms with van der Waals surface area (Å²) in [5.41, 5.74) is 17.4. The van der Waals surface area contributed by atoms with Gasteiger partial charge < -0.3 is 4.57 Å². The molecule has 0 aliphatic carbocycles. The van der Waals surface area contributed by atoms with Crippen LogP contribution in [-0.4, -0.2) is 24.1 Å². The van der Waals surface area contributed by atoms with Crippen LogP contribution in [0.5, 0.6) is 0 Å². The Morgan fingerprint density at radius 3 is 1.27 bits per heavy atom. The number of hydrogen-bond donors (Lipinski definition) is 0. The fraction of sp³-hybridized carbons (Fsp3) is 0.170. The van der Waals surface area contributed by atoms with Gasteiger partial charge in [0, 0.05) is 32.7 Å². The molecule has 254 valence electrons. The van der Waals surface area contributed by atoms with Crippen molar-refractivity contribution >= 4 is 43.6 Å². The van der Waals surface area contributed by atoms with Crippen molar-refractivity contribution in [2.45, 2.75) is 55.4 Å². The number of hydrogen-bond acceptors (Lipinski definition) is 3. The summed E-state index contributed by atoms with van der Waals surface area (Å²) in [6.45, 7) is 17.5. The fourth-order valence-corrected chi connectivity index (χ4v) is 8.67. The maximum atomic E-state index is 5.43. The predicted octanol–water partition coefficient (Wildman–Crippen LogP) is 11.9. The van der Waals surface area contributed by atoms with Crippen molar-refractivity contribution in [1.82, 2.24) is 24.1 Å². The minimum Gasteiger partial charge on any atom is -0.308 e. The third-order valence-corrected chi connectivity index (χ3v) is 10.5. The molecule has 0 spiro atoms. The minimum absolute atomic E-state index is 0.610. The van der Waals surface area contributed by atoms with E-state index in [0.29, 0.717) is 17.6 Å². The van der Waals surface area contributed by atoms with Crippen LogP contribution in [0.15, 0.2) is 103 Å². The van der Waals surface area contributed by atoms with E-state index in [1.165, 1.54) is 77.1 Å². The van der Waals surface area contributed by atoms with Crippen LogP contribution in [0, 0.1) is 55.4 Å². The molecule has 3 heterocycles. The molecule has 0 fully saturated rings. The van der Waals surface area contributed by atoms with Crippen molar-refractivity contribution in [3.63, 3.8) is 0 Å². The molecule has 0 unspecified atom stereocenters. The monoisotopic (exact) mass is 675 g/mol. The van der Waals surface area contributed by atoms with Crippen molar-refractivity contribution < 1.29 is 0 Å². The number of rotatable bonds is 4. The Hall–Kier alpha value is -6.07. The molecule has 0 atom stereocenters. The van der Waals surface area contributed by atoms with Gasteiger partial charge in [0.25, 0.3) is 0 Å². The fourth-order valence-electron chi connectivity index (χ4n) is 8.67. The Labute approximate surface area is 304 Å². The first kappa shape index (κ1) is 31.9. The first-order valence-corrected chi connectivity index (χ1v) is 18.0. The van der Waals surface area contributed by atoms with E-state index in [1.807, 2.05) is 18.2 Å². The highest BCUT2D eigenvalue weighted by molar-refractivity contribution is 6.13. The first-order chi connectivity index (χ1) is 25.1. The van der Waals surface area contributed by atoms with Crippen LogP contribution in [0.4, 0.5) is 0 Å². The van der Waals surface area contributed by atoms with Crippen LogP contribution in [-0.2, 0) is 0 Å². The van der Waals surface area contributed by atoms with Crippen LogP contribution < -0.4 is 0 Å². The van der Waals surface area contributed by atoms with E-state index in [-0.39, 0.29) is 0 Å². The van der Waals surface area contributed by atoms with Gasteiger partial charge in [0.1, 0.15) is 0 Å². The van der Waals surface area contributed by atoms with Crippen molar-refractivity contribution in [3.8, 4) is 34.4 Å². The summed E-state index contributed by atoms with van der Waals surface area (Å²) in [6.07, 6.45) is 0. The van der Waals surface area contributed by atoms with Gasteiger partial charge in [0.05, 0.1) is 27.8 Å². The lowest BCUT2D eigenvalue weighted by molar-refractivity contribution is 0.947. The standard InChI is InChI=1S/C47H41N5/c1-26-18-30(5)41-36(22-26)37-23-27(2)19-31(6)42(37)51(41)40-17-13-12-16-35(40)46-48-45(34-14-10-9-11-15-34)49-47(50-46)52-43-32(7)20-28(3)24-38(43)39-25-29(4)21-33(8)44(39)52/h9-25H,1-8H3. The van der Waals surface area contributed by atoms with Gasteiger partial charge >= 0.3 is 0 Å². The zero-order chi connectivity index (χ0) is 36.0. The highest BCUT2D eigenvalue weighted by Crippen LogP contribution is 2.41. The number of aryl methyl sites for hydroxylation is 8. The maximum Gasteiger partial charge on any atom is 0.238 e. The lowest BCUT2D eigenvalue weighted by atomic mass is 10.0. The van der Waals surface area contributed by atoms with Crippen LogP contribution >= 0.6 is 0 Å². The summed E-state index contributed by atoms with van der Waals surface area (Å²) in [4.78, 5) is 16.0. The summed E-state index contributed by atoms with van der Waals surface area (Å²) in [7, 11) is 0. The SMILES string of the molecule is Cc1cc(C)c2c(c1)c1cc(C)cc(C)c1n2-c1nc(-c2ccccc2)nc(-c2ccccc2-n2c3c(C)cc(C)cc3c3cc(C)cc(C)c32)n1. The largest absolute Gasteiger partial charge is 0.308 e. The van der Waals surface area contributed by atoms with Crippen molar-refractivity contribution in [3.05, 3.63) is 148 Å². The molecule has 0 saturated heterocycles. The lowest BCUT2D eigenvalue weighted by Gasteiger charge is -2.17. The van der Waals surface area contributed by atoms with Crippen LogP contribution in [0.2, 0.25) is 0 Å². The summed E-state index contributed by atoms with van der Waals surface area (Å²) < 4.78 is 4.71. The van der Waals surface area contributed by atoms with E-state index >= 15 is 0 Å². The predicted molar refractivity (Wildman–Crippen MR) is 217 cm³/mol. The van der Waals surface area contributed by atoms with Crippen molar-refractivity contribution in [2.75, 3.05) is 0 Å². The Bertz CT molecular complexity index is 2790. The van der Waals surface area contributed by atoms with Gasteiger partial charge in [0.15, 0.2) is 11.6 Å². The van der Waals surface area contributed by atoms with E-state index in [0.717, 1.165) is 27.8 Å². The number of nitrogens with zero attached hydrogens (tertiary/aromatic N) is 5. The molecule has 6 aromatic carbocycles. The summed E-state index contributed by atoms with van der Waals surface area (Å²) in [5, 5.41) is 4.95. The summed E-state index contributed by atoms with van der Waals surface area (Å²) in [6, 6.07) is 37.2. The molecule has 0 N–H and O–H groups in total. The first-order valence-electron chi connectivity index (χ1n) is 18.0. The normalized spacial score (nSPS) is 11.8. The van der Waals surface area contributed by atoms with E-state index < -0.39 is 0 Å². The Morgan fingerprint density at radius 2 is 0.788 bits per heavy atom. The van der Waals surface area contributed by atoms with Gasteiger partial charge in [-0.3, -0.25) is 4.57 Å². The average molecular weight is 676 g/mol. The van der Waals surface area contributed by atoms with E-state index in [2.05, 4.69) is 149 Å². The molecule has 9 aromatic rings. The molecule has 0 saturated carbocycles. The van der Waals surface area contributed by atoms with Crippen molar-refractivity contribution in [2.24, 2.45) is 0 Å². The van der Waals surface area contributed by atoms with Crippen LogP contribution in [0.1, 0.15) is 44.5 Å². The quantitative estimate of drug-likeness (QED) is 0.187. The zero-order valence-electron chi connectivity index (χ0n) is 31.1. The Morgan fingerprint density at radius 1 is 0.385 bits per heavy atom. The average Bonchev–Trinajstić information content (AvgIpc) is 3.62. The van der Waals surface area contributed by atoms with Gasteiger partial charge in [0.2, 0.25) is 5.95 Å².